The molecule has 130 valence electrons. The summed E-state index contributed by atoms with van der Waals surface area (Å²) in [6.45, 7) is 6.57. The number of anilines is 1. The summed E-state index contributed by atoms with van der Waals surface area (Å²) in [6.07, 6.45) is 0.196. The van der Waals surface area contributed by atoms with E-state index in [1.165, 1.54) is 0 Å². The van der Waals surface area contributed by atoms with Gasteiger partial charge in [0.05, 0.1) is 12.7 Å². The van der Waals surface area contributed by atoms with E-state index < -0.39 is 6.04 Å². The van der Waals surface area contributed by atoms with E-state index in [1.807, 2.05) is 69.3 Å². The molecule has 0 saturated heterocycles. The number of carbonyl (C=O) groups excluding carboxylic acids is 1. The molecule has 5 heteroatoms. The molecule has 0 aliphatic rings. The molecule has 0 aromatic heterocycles. The predicted octanol–water partition coefficient (Wildman–Crippen LogP) is 3.98. The maximum absolute atomic E-state index is 12.2. The van der Waals surface area contributed by atoms with Crippen molar-refractivity contribution >= 4 is 24.0 Å². The van der Waals surface area contributed by atoms with E-state index in [0.29, 0.717) is 6.61 Å². The molecule has 0 spiro atoms. The topological polar surface area (TPSA) is 64.4 Å². The first-order valence-corrected chi connectivity index (χ1v) is 7.79. The monoisotopic (exact) mass is 348 g/mol. The van der Waals surface area contributed by atoms with Crippen molar-refractivity contribution in [1.82, 2.24) is 0 Å². The third kappa shape index (κ3) is 5.96. The Morgan fingerprint density at radius 1 is 1.08 bits per heavy atom. The van der Waals surface area contributed by atoms with Gasteiger partial charge in [-0.1, -0.05) is 42.0 Å². The molecule has 3 N–H and O–H groups in total. The second-order valence-electron chi connectivity index (χ2n) is 5.93. The summed E-state index contributed by atoms with van der Waals surface area (Å²) in [7, 11) is 0. The van der Waals surface area contributed by atoms with Crippen LogP contribution in [-0.4, -0.2) is 12.0 Å². The number of aryl methyl sites for hydroxylation is 1. The number of halogens is 1. The summed E-state index contributed by atoms with van der Waals surface area (Å²) in [5.74, 6) is -0.222. The number of nitrogens with two attached hydrogens (primary N) is 1. The highest BCUT2D eigenvalue weighted by molar-refractivity contribution is 5.95. The molecular weight excluding hydrogens is 324 g/mol. The van der Waals surface area contributed by atoms with Crippen molar-refractivity contribution in [1.29, 1.82) is 0 Å². The zero-order valence-electron chi connectivity index (χ0n) is 14.3. The SMILES string of the molecule is Cc1ccc(C(N)C(=O)Nc2ccc(COC(C)C)cc2)cc1.Cl. The van der Waals surface area contributed by atoms with Gasteiger partial charge in [0.15, 0.2) is 0 Å². The van der Waals surface area contributed by atoms with Crippen LogP contribution in [0.25, 0.3) is 0 Å². The van der Waals surface area contributed by atoms with Gasteiger partial charge in [0.25, 0.3) is 0 Å². The average Bonchev–Trinajstić information content (AvgIpc) is 2.54. The molecule has 0 heterocycles. The lowest BCUT2D eigenvalue weighted by molar-refractivity contribution is -0.117. The quantitative estimate of drug-likeness (QED) is 0.829. The lowest BCUT2D eigenvalue weighted by Crippen LogP contribution is -2.27. The molecule has 24 heavy (non-hydrogen) atoms. The van der Waals surface area contributed by atoms with E-state index in [-0.39, 0.29) is 24.4 Å². The molecule has 1 amide bonds. The number of hydrogen-bond acceptors (Lipinski definition) is 3. The standard InChI is InChI=1S/C19H24N2O2.ClH/c1-13(2)23-12-15-6-10-17(11-7-15)21-19(22)18(20)16-8-4-14(3)5-9-16;/h4-11,13,18H,12,20H2,1-3H3,(H,21,22);1H. The van der Waals surface area contributed by atoms with Gasteiger partial charge in [-0.25, -0.2) is 0 Å². The lowest BCUT2D eigenvalue weighted by atomic mass is 10.1. The summed E-state index contributed by atoms with van der Waals surface area (Å²) in [6, 6.07) is 14.6. The van der Waals surface area contributed by atoms with E-state index in [2.05, 4.69) is 5.32 Å². The fraction of sp³-hybridized carbons (Fsp3) is 0.316. The summed E-state index contributed by atoms with van der Waals surface area (Å²) in [4.78, 5) is 12.2. The Labute approximate surface area is 149 Å². The number of rotatable bonds is 6. The number of nitrogens with one attached hydrogen (secondary N) is 1. The molecule has 2 rings (SSSR count). The van der Waals surface area contributed by atoms with Gasteiger partial charge in [-0.3, -0.25) is 4.79 Å². The molecule has 1 atom stereocenters. The van der Waals surface area contributed by atoms with Crippen molar-refractivity contribution in [3.8, 4) is 0 Å². The maximum atomic E-state index is 12.2. The Bertz CT molecular complexity index is 639. The van der Waals surface area contributed by atoms with Gasteiger partial charge < -0.3 is 15.8 Å². The molecule has 2 aromatic carbocycles. The smallest absolute Gasteiger partial charge is 0.245 e. The summed E-state index contributed by atoms with van der Waals surface area (Å²) in [5, 5.41) is 2.84. The molecule has 0 saturated carbocycles. The van der Waals surface area contributed by atoms with Gasteiger partial charge >= 0.3 is 0 Å². The van der Waals surface area contributed by atoms with E-state index in [0.717, 1.165) is 22.4 Å². The molecule has 0 bridgehead atoms. The van der Waals surface area contributed by atoms with Gasteiger partial charge in [-0.05, 0) is 44.0 Å². The third-order valence-corrected chi connectivity index (χ3v) is 3.52. The molecule has 0 radical (unpaired) electrons. The average molecular weight is 349 g/mol. The van der Waals surface area contributed by atoms with Crippen molar-refractivity contribution < 1.29 is 9.53 Å². The third-order valence-electron chi connectivity index (χ3n) is 3.52. The first kappa shape index (κ1) is 20.2. The Hall–Kier alpha value is -1.88. The summed E-state index contributed by atoms with van der Waals surface area (Å²) in [5.41, 5.74) is 9.75. The first-order valence-electron chi connectivity index (χ1n) is 7.79. The van der Waals surface area contributed by atoms with Crippen molar-refractivity contribution in [2.45, 2.75) is 39.5 Å². The van der Waals surface area contributed by atoms with Crippen molar-refractivity contribution in [3.63, 3.8) is 0 Å². The van der Waals surface area contributed by atoms with Crippen LogP contribution < -0.4 is 11.1 Å². The van der Waals surface area contributed by atoms with E-state index in [1.54, 1.807) is 0 Å². The van der Waals surface area contributed by atoms with Crippen molar-refractivity contribution in [2.24, 2.45) is 5.73 Å². The number of hydrogen-bond donors (Lipinski definition) is 2. The van der Waals surface area contributed by atoms with Gasteiger partial charge in [-0.15, -0.1) is 12.4 Å². The number of ether oxygens (including phenoxy) is 1. The Morgan fingerprint density at radius 2 is 1.67 bits per heavy atom. The van der Waals surface area contributed by atoms with Crippen LogP contribution in [0.1, 0.15) is 36.6 Å². The second-order valence-corrected chi connectivity index (χ2v) is 5.93. The van der Waals surface area contributed by atoms with Crippen molar-refractivity contribution in [2.75, 3.05) is 5.32 Å². The lowest BCUT2D eigenvalue weighted by Gasteiger charge is -2.13. The molecule has 0 aliphatic heterocycles. The highest BCUT2D eigenvalue weighted by Gasteiger charge is 2.15. The van der Waals surface area contributed by atoms with Crippen LogP contribution in [0.15, 0.2) is 48.5 Å². The highest BCUT2D eigenvalue weighted by Crippen LogP contribution is 2.16. The van der Waals surface area contributed by atoms with Gasteiger partial charge in [0.1, 0.15) is 6.04 Å². The number of amides is 1. The molecular formula is C19H25ClN2O2. The van der Waals surface area contributed by atoms with Crippen LogP contribution in [0.5, 0.6) is 0 Å². The molecule has 0 aliphatic carbocycles. The Morgan fingerprint density at radius 3 is 2.21 bits per heavy atom. The Kier molecular flexibility index (Phi) is 7.92. The van der Waals surface area contributed by atoms with Gasteiger partial charge in [0, 0.05) is 5.69 Å². The first-order chi connectivity index (χ1) is 11.0. The Balaban J connectivity index is 0.00000288. The minimum Gasteiger partial charge on any atom is -0.374 e. The highest BCUT2D eigenvalue weighted by atomic mass is 35.5. The van der Waals surface area contributed by atoms with E-state index in [9.17, 15) is 4.79 Å². The molecule has 4 nitrogen and oxygen atoms in total. The number of carbonyl (C=O) groups is 1. The predicted molar refractivity (Wildman–Crippen MR) is 100 cm³/mol. The van der Waals surface area contributed by atoms with E-state index >= 15 is 0 Å². The van der Waals surface area contributed by atoms with Crippen LogP contribution >= 0.6 is 12.4 Å². The maximum Gasteiger partial charge on any atom is 0.245 e. The minimum absolute atomic E-state index is 0. The zero-order chi connectivity index (χ0) is 16.8. The van der Waals surface area contributed by atoms with Crippen LogP contribution in [0.3, 0.4) is 0 Å². The zero-order valence-corrected chi connectivity index (χ0v) is 15.1. The second kappa shape index (κ2) is 9.42. The molecule has 1 unspecified atom stereocenters. The van der Waals surface area contributed by atoms with E-state index in [4.69, 9.17) is 10.5 Å². The fourth-order valence-electron chi connectivity index (χ4n) is 2.09. The fourth-order valence-corrected chi connectivity index (χ4v) is 2.09. The minimum atomic E-state index is -0.681. The summed E-state index contributed by atoms with van der Waals surface area (Å²) < 4.78 is 5.55. The van der Waals surface area contributed by atoms with Gasteiger partial charge in [0.2, 0.25) is 5.91 Å². The van der Waals surface area contributed by atoms with Crippen molar-refractivity contribution in [3.05, 3.63) is 65.2 Å². The molecule has 0 fully saturated rings. The normalized spacial score (nSPS) is 11.7. The van der Waals surface area contributed by atoms with Crippen LogP contribution in [0.2, 0.25) is 0 Å². The van der Waals surface area contributed by atoms with Crippen LogP contribution in [0.4, 0.5) is 5.69 Å². The summed E-state index contributed by atoms with van der Waals surface area (Å²) >= 11 is 0. The van der Waals surface area contributed by atoms with Gasteiger partial charge in [-0.2, -0.15) is 0 Å². The largest absolute Gasteiger partial charge is 0.374 e. The van der Waals surface area contributed by atoms with Crippen LogP contribution in [-0.2, 0) is 16.1 Å². The number of benzene rings is 2. The van der Waals surface area contributed by atoms with Crippen LogP contribution in [0, 0.1) is 6.92 Å². The molecule has 2 aromatic rings.